The first-order valence-corrected chi connectivity index (χ1v) is 8.63. The molecule has 0 saturated heterocycles. The standard InChI is InChI=1S/C17H26BrNO3/c1-13(2)12-16(17(20)21)19-10-4-3-5-11-22-15-8-6-14(18)7-9-15/h6-9,13,16,19H,3-5,10-12H2,1-2H3,(H,20,21)/t16-/m0/s1. The molecule has 0 spiro atoms. The van der Waals surface area contributed by atoms with E-state index in [1.807, 2.05) is 38.1 Å². The SMILES string of the molecule is CC(C)C[C@H](NCCCCCOc1ccc(Br)cc1)C(=O)O. The summed E-state index contributed by atoms with van der Waals surface area (Å²) >= 11 is 3.39. The molecule has 124 valence electrons. The number of aliphatic carboxylic acids is 1. The summed E-state index contributed by atoms with van der Waals surface area (Å²) in [6, 6.07) is 7.36. The van der Waals surface area contributed by atoms with Gasteiger partial charge >= 0.3 is 5.97 Å². The topological polar surface area (TPSA) is 58.6 Å². The van der Waals surface area contributed by atoms with E-state index in [2.05, 4.69) is 21.2 Å². The van der Waals surface area contributed by atoms with E-state index in [1.54, 1.807) is 0 Å². The first-order chi connectivity index (χ1) is 10.5. The smallest absolute Gasteiger partial charge is 0.320 e. The van der Waals surface area contributed by atoms with Gasteiger partial charge in [0.15, 0.2) is 0 Å². The third-order valence-corrected chi connectivity index (χ3v) is 3.83. The zero-order valence-corrected chi connectivity index (χ0v) is 14.9. The van der Waals surface area contributed by atoms with Gasteiger partial charge in [0.05, 0.1) is 6.61 Å². The fraction of sp³-hybridized carbons (Fsp3) is 0.588. The number of hydrogen-bond acceptors (Lipinski definition) is 3. The first-order valence-electron chi connectivity index (χ1n) is 7.83. The van der Waals surface area contributed by atoms with Crippen LogP contribution in [0.25, 0.3) is 0 Å². The second-order valence-electron chi connectivity index (χ2n) is 5.84. The van der Waals surface area contributed by atoms with Gasteiger partial charge in [-0.3, -0.25) is 4.79 Å². The molecule has 4 nitrogen and oxygen atoms in total. The Morgan fingerprint density at radius 2 is 1.91 bits per heavy atom. The Morgan fingerprint density at radius 3 is 2.50 bits per heavy atom. The molecule has 1 aromatic rings. The molecule has 0 unspecified atom stereocenters. The van der Waals surface area contributed by atoms with E-state index in [1.165, 1.54) is 0 Å². The van der Waals surface area contributed by atoms with Gasteiger partial charge in [-0.05, 0) is 62.4 Å². The van der Waals surface area contributed by atoms with Gasteiger partial charge in [0.1, 0.15) is 11.8 Å². The Labute approximate surface area is 141 Å². The highest BCUT2D eigenvalue weighted by Crippen LogP contribution is 2.16. The molecule has 1 atom stereocenters. The van der Waals surface area contributed by atoms with Crippen LogP contribution in [0.15, 0.2) is 28.7 Å². The van der Waals surface area contributed by atoms with E-state index >= 15 is 0 Å². The van der Waals surface area contributed by atoms with Crippen LogP contribution in [0.1, 0.15) is 39.5 Å². The second kappa shape index (κ2) is 10.6. The molecule has 5 heteroatoms. The minimum Gasteiger partial charge on any atom is -0.494 e. The molecule has 2 N–H and O–H groups in total. The van der Waals surface area contributed by atoms with E-state index < -0.39 is 12.0 Å². The van der Waals surface area contributed by atoms with Gasteiger partial charge in [0.2, 0.25) is 0 Å². The summed E-state index contributed by atoms with van der Waals surface area (Å²) < 4.78 is 6.69. The molecular weight excluding hydrogens is 346 g/mol. The van der Waals surface area contributed by atoms with Crippen molar-refractivity contribution in [3.63, 3.8) is 0 Å². The molecule has 22 heavy (non-hydrogen) atoms. The lowest BCUT2D eigenvalue weighted by Crippen LogP contribution is -2.38. The summed E-state index contributed by atoms with van der Waals surface area (Å²) in [4.78, 5) is 11.1. The van der Waals surface area contributed by atoms with Crippen molar-refractivity contribution in [1.82, 2.24) is 5.32 Å². The monoisotopic (exact) mass is 371 g/mol. The maximum atomic E-state index is 11.1. The van der Waals surface area contributed by atoms with Gasteiger partial charge in [0.25, 0.3) is 0 Å². The molecule has 1 aromatic carbocycles. The number of carboxylic acids is 1. The number of benzene rings is 1. The van der Waals surface area contributed by atoms with Crippen LogP contribution < -0.4 is 10.1 Å². The Hall–Kier alpha value is -1.07. The molecular formula is C17H26BrNO3. The van der Waals surface area contributed by atoms with E-state index in [9.17, 15) is 4.79 Å². The number of nitrogens with one attached hydrogen (secondary N) is 1. The predicted molar refractivity (Wildman–Crippen MR) is 92.4 cm³/mol. The van der Waals surface area contributed by atoms with Crippen LogP contribution in [-0.4, -0.2) is 30.3 Å². The van der Waals surface area contributed by atoms with Crippen LogP contribution in [-0.2, 0) is 4.79 Å². The van der Waals surface area contributed by atoms with Crippen LogP contribution in [0.2, 0.25) is 0 Å². The highest BCUT2D eigenvalue weighted by molar-refractivity contribution is 9.10. The minimum atomic E-state index is -0.757. The van der Waals surface area contributed by atoms with Gasteiger partial charge in [-0.2, -0.15) is 0 Å². The van der Waals surface area contributed by atoms with Gasteiger partial charge in [-0.25, -0.2) is 0 Å². The van der Waals surface area contributed by atoms with Crippen molar-refractivity contribution in [2.24, 2.45) is 5.92 Å². The van der Waals surface area contributed by atoms with Crippen molar-refractivity contribution in [2.45, 2.75) is 45.6 Å². The Kier molecular flexibility index (Phi) is 9.16. The summed E-state index contributed by atoms with van der Waals surface area (Å²) in [5.74, 6) is 0.504. The highest BCUT2D eigenvalue weighted by atomic mass is 79.9. The third-order valence-electron chi connectivity index (χ3n) is 3.30. The lowest BCUT2D eigenvalue weighted by atomic mass is 10.0. The molecule has 0 heterocycles. The maximum absolute atomic E-state index is 11.1. The number of unbranched alkanes of at least 4 members (excludes halogenated alkanes) is 2. The van der Waals surface area contributed by atoms with Crippen molar-refractivity contribution < 1.29 is 14.6 Å². The van der Waals surface area contributed by atoms with Crippen molar-refractivity contribution in [3.05, 3.63) is 28.7 Å². The minimum absolute atomic E-state index is 0.382. The normalized spacial score (nSPS) is 12.4. The fourth-order valence-electron chi connectivity index (χ4n) is 2.14. The van der Waals surface area contributed by atoms with Gasteiger partial charge in [0, 0.05) is 4.47 Å². The predicted octanol–water partition coefficient (Wildman–Crippen LogP) is 4.09. The Morgan fingerprint density at radius 1 is 1.23 bits per heavy atom. The largest absolute Gasteiger partial charge is 0.494 e. The molecule has 0 aliphatic heterocycles. The Bertz CT molecular complexity index is 434. The second-order valence-corrected chi connectivity index (χ2v) is 6.75. The molecule has 0 fully saturated rings. The van der Waals surface area contributed by atoms with Crippen LogP contribution in [0, 0.1) is 5.92 Å². The zero-order chi connectivity index (χ0) is 16.4. The average Bonchev–Trinajstić information content (AvgIpc) is 2.46. The van der Waals surface area contributed by atoms with Crippen LogP contribution in [0.4, 0.5) is 0 Å². The van der Waals surface area contributed by atoms with Crippen molar-refractivity contribution in [3.8, 4) is 5.75 Å². The number of carboxylic acid groups (broad SMARTS) is 1. The lowest BCUT2D eigenvalue weighted by Gasteiger charge is -2.16. The molecule has 0 aliphatic rings. The molecule has 0 radical (unpaired) electrons. The summed E-state index contributed by atoms with van der Waals surface area (Å²) in [6.45, 7) is 5.51. The van der Waals surface area contributed by atoms with Crippen molar-refractivity contribution >= 4 is 21.9 Å². The van der Waals surface area contributed by atoms with Crippen LogP contribution >= 0.6 is 15.9 Å². The number of ether oxygens (including phenoxy) is 1. The highest BCUT2D eigenvalue weighted by Gasteiger charge is 2.17. The molecule has 0 aliphatic carbocycles. The van der Waals surface area contributed by atoms with Gasteiger partial charge in [-0.1, -0.05) is 29.8 Å². The van der Waals surface area contributed by atoms with Crippen molar-refractivity contribution in [2.75, 3.05) is 13.2 Å². The van der Waals surface area contributed by atoms with Crippen LogP contribution in [0.3, 0.4) is 0 Å². The van der Waals surface area contributed by atoms with E-state index in [-0.39, 0.29) is 0 Å². The number of rotatable bonds is 11. The lowest BCUT2D eigenvalue weighted by molar-refractivity contribution is -0.139. The van der Waals surface area contributed by atoms with E-state index in [4.69, 9.17) is 9.84 Å². The van der Waals surface area contributed by atoms with Gasteiger partial charge < -0.3 is 15.2 Å². The maximum Gasteiger partial charge on any atom is 0.320 e. The summed E-state index contributed by atoms with van der Waals surface area (Å²) in [5.41, 5.74) is 0. The molecule has 1 rings (SSSR count). The van der Waals surface area contributed by atoms with E-state index in [0.29, 0.717) is 18.9 Å². The quantitative estimate of drug-likeness (QED) is 0.575. The fourth-order valence-corrected chi connectivity index (χ4v) is 2.41. The zero-order valence-electron chi connectivity index (χ0n) is 13.3. The molecule has 0 saturated carbocycles. The van der Waals surface area contributed by atoms with Crippen LogP contribution in [0.5, 0.6) is 5.75 Å². The summed E-state index contributed by atoms with van der Waals surface area (Å²) in [5, 5.41) is 12.2. The molecule has 0 bridgehead atoms. The molecule has 0 amide bonds. The third kappa shape index (κ3) is 8.39. The number of hydrogen-bond donors (Lipinski definition) is 2. The Balaban J connectivity index is 2.07. The number of carbonyl (C=O) groups is 1. The first kappa shape index (κ1) is 19.0. The molecule has 0 aromatic heterocycles. The van der Waals surface area contributed by atoms with Gasteiger partial charge in [-0.15, -0.1) is 0 Å². The number of halogens is 1. The van der Waals surface area contributed by atoms with E-state index in [0.717, 1.165) is 36.0 Å². The summed E-state index contributed by atoms with van der Waals surface area (Å²) in [7, 11) is 0. The average molecular weight is 372 g/mol. The van der Waals surface area contributed by atoms with Crippen molar-refractivity contribution in [1.29, 1.82) is 0 Å². The summed E-state index contributed by atoms with van der Waals surface area (Å²) in [6.07, 6.45) is 3.63.